The molecule has 0 spiro atoms. The number of ether oxygens (including phenoxy) is 2. The van der Waals surface area contributed by atoms with Gasteiger partial charge in [0.1, 0.15) is 0 Å². The van der Waals surface area contributed by atoms with E-state index in [4.69, 9.17) is 9.47 Å². The van der Waals surface area contributed by atoms with Gasteiger partial charge in [-0.2, -0.15) is 0 Å². The first-order valence-electron chi connectivity index (χ1n) is 8.88. The average Bonchev–Trinajstić information content (AvgIpc) is 2.98. The Morgan fingerprint density at radius 3 is 2.35 bits per heavy atom. The second kappa shape index (κ2) is 9.46. The van der Waals surface area contributed by atoms with E-state index in [1.165, 1.54) is 7.11 Å². The Bertz CT molecular complexity index is 607. The van der Waals surface area contributed by atoms with E-state index in [1.807, 2.05) is 26.2 Å². The molecule has 1 aromatic rings. The second-order valence-corrected chi connectivity index (χ2v) is 8.74. The highest BCUT2D eigenvalue weighted by Crippen LogP contribution is 2.23. The maximum Gasteiger partial charge on any atom is 0.311 e. The fourth-order valence-electron chi connectivity index (χ4n) is 2.57. The fourth-order valence-corrected chi connectivity index (χ4v) is 3.39. The number of hydrogen-bond donors (Lipinski definition) is 0. The van der Waals surface area contributed by atoms with Gasteiger partial charge in [0.15, 0.2) is 0 Å². The minimum absolute atomic E-state index is 0.0432. The van der Waals surface area contributed by atoms with Crippen LogP contribution < -0.4 is 0 Å². The molecule has 0 aliphatic heterocycles. The van der Waals surface area contributed by atoms with E-state index in [1.54, 1.807) is 30.2 Å². The van der Waals surface area contributed by atoms with Crippen molar-refractivity contribution >= 4 is 23.2 Å². The number of carbonyl (C=O) groups excluding carboxylic acids is 2. The van der Waals surface area contributed by atoms with Crippen molar-refractivity contribution in [3.8, 4) is 0 Å². The average molecular weight is 385 g/mol. The van der Waals surface area contributed by atoms with Crippen LogP contribution in [0.3, 0.4) is 0 Å². The second-order valence-electron chi connectivity index (χ2n) is 7.85. The predicted octanol–water partition coefficient (Wildman–Crippen LogP) is 3.61. The summed E-state index contributed by atoms with van der Waals surface area (Å²) in [5, 5.41) is 3.03. The summed E-state index contributed by atoms with van der Waals surface area (Å²) in [6.45, 7) is 12.2. The molecule has 0 bridgehead atoms. The van der Waals surface area contributed by atoms with Crippen LogP contribution in [0.5, 0.6) is 0 Å². The van der Waals surface area contributed by atoms with Gasteiger partial charge in [0.2, 0.25) is 5.91 Å². The number of rotatable bonds is 8. The molecule has 0 N–H and O–H groups in total. The minimum Gasteiger partial charge on any atom is -0.469 e. The zero-order valence-corrected chi connectivity index (χ0v) is 18.0. The van der Waals surface area contributed by atoms with E-state index in [9.17, 15) is 9.59 Å². The molecule has 26 heavy (non-hydrogen) atoms. The zero-order chi connectivity index (χ0) is 20.1. The molecule has 1 rings (SSSR count). The molecular weight excluding hydrogens is 352 g/mol. The van der Waals surface area contributed by atoms with Crippen LogP contribution in [0.25, 0.3) is 0 Å². The standard InChI is InChI=1S/C19H32N2O4S/c1-12(2)17-20-14(11-26-17)10-21(7)16(22)9-15(18(23)24-8)13(3)25-19(4,5)6/h11-13,15H,9-10H2,1-8H3/t13?,15-/m0/s1. The van der Waals surface area contributed by atoms with E-state index >= 15 is 0 Å². The molecule has 0 aromatic carbocycles. The van der Waals surface area contributed by atoms with Gasteiger partial charge in [-0.05, 0) is 27.7 Å². The molecule has 7 heteroatoms. The Kier molecular flexibility index (Phi) is 8.21. The Morgan fingerprint density at radius 1 is 1.27 bits per heavy atom. The lowest BCUT2D eigenvalue weighted by Crippen LogP contribution is -2.39. The van der Waals surface area contributed by atoms with Crippen molar-refractivity contribution in [1.82, 2.24) is 9.88 Å². The first-order chi connectivity index (χ1) is 11.9. The van der Waals surface area contributed by atoms with Gasteiger partial charge in [-0.15, -0.1) is 11.3 Å². The maximum absolute atomic E-state index is 12.6. The van der Waals surface area contributed by atoms with Crippen LogP contribution in [-0.2, 0) is 25.6 Å². The highest BCUT2D eigenvalue weighted by Gasteiger charge is 2.32. The summed E-state index contributed by atoms with van der Waals surface area (Å²) in [4.78, 5) is 30.9. The summed E-state index contributed by atoms with van der Waals surface area (Å²) < 4.78 is 10.7. The lowest BCUT2D eigenvalue weighted by molar-refractivity contribution is -0.159. The van der Waals surface area contributed by atoms with Gasteiger partial charge in [0.05, 0.1) is 42.0 Å². The summed E-state index contributed by atoms with van der Waals surface area (Å²) in [5.41, 5.74) is 0.456. The van der Waals surface area contributed by atoms with E-state index in [0.29, 0.717) is 12.5 Å². The van der Waals surface area contributed by atoms with Gasteiger partial charge >= 0.3 is 5.97 Å². The number of thiazole rings is 1. The van der Waals surface area contributed by atoms with Gasteiger partial charge < -0.3 is 14.4 Å². The largest absolute Gasteiger partial charge is 0.469 e. The monoisotopic (exact) mass is 384 g/mol. The first kappa shape index (κ1) is 22.6. The lowest BCUT2D eigenvalue weighted by atomic mass is 9.98. The molecular formula is C19H32N2O4S. The van der Waals surface area contributed by atoms with Gasteiger partial charge in [-0.1, -0.05) is 13.8 Å². The predicted molar refractivity (Wildman–Crippen MR) is 103 cm³/mol. The molecule has 1 heterocycles. The number of carbonyl (C=O) groups is 2. The topological polar surface area (TPSA) is 68.7 Å². The molecule has 0 fully saturated rings. The molecule has 1 aromatic heterocycles. The van der Waals surface area contributed by atoms with Gasteiger partial charge in [-0.3, -0.25) is 9.59 Å². The molecule has 1 unspecified atom stereocenters. The zero-order valence-electron chi connectivity index (χ0n) is 17.2. The van der Waals surface area contributed by atoms with Crippen molar-refractivity contribution in [2.75, 3.05) is 14.2 Å². The molecule has 148 valence electrons. The van der Waals surface area contributed by atoms with Crippen LogP contribution in [0.15, 0.2) is 5.38 Å². The highest BCUT2D eigenvalue weighted by molar-refractivity contribution is 7.09. The third kappa shape index (κ3) is 7.03. The summed E-state index contributed by atoms with van der Waals surface area (Å²) in [6.07, 6.45) is -0.381. The van der Waals surface area contributed by atoms with Gasteiger partial charge in [-0.25, -0.2) is 4.98 Å². The van der Waals surface area contributed by atoms with Crippen molar-refractivity contribution in [3.05, 3.63) is 16.1 Å². The Hall–Kier alpha value is -1.47. The van der Waals surface area contributed by atoms with Crippen molar-refractivity contribution in [1.29, 1.82) is 0 Å². The van der Waals surface area contributed by atoms with Crippen LogP contribution in [0, 0.1) is 5.92 Å². The minimum atomic E-state index is -0.643. The van der Waals surface area contributed by atoms with Gasteiger partial charge in [0, 0.05) is 24.8 Å². The number of nitrogens with zero attached hydrogens (tertiary/aromatic N) is 2. The van der Waals surface area contributed by atoms with Gasteiger partial charge in [0.25, 0.3) is 0 Å². The van der Waals surface area contributed by atoms with Crippen molar-refractivity contribution in [2.24, 2.45) is 5.92 Å². The third-order valence-corrected chi connectivity index (χ3v) is 5.09. The molecule has 1 amide bonds. The van der Waals surface area contributed by atoms with Crippen LogP contribution in [0.1, 0.15) is 64.6 Å². The van der Waals surface area contributed by atoms with E-state index < -0.39 is 23.6 Å². The Balaban J connectivity index is 2.76. The molecule has 0 radical (unpaired) electrons. The highest BCUT2D eigenvalue weighted by atomic mass is 32.1. The number of aromatic nitrogens is 1. The van der Waals surface area contributed by atoms with Crippen molar-refractivity contribution < 1.29 is 19.1 Å². The molecule has 0 aliphatic carbocycles. The van der Waals surface area contributed by atoms with E-state index in [0.717, 1.165) is 10.7 Å². The van der Waals surface area contributed by atoms with Crippen LogP contribution in [0.2, 0.25) is 0 Å². The maximum atomic E-state index is 12.6. The normalized spacial score (nSPS) is 14.2. The molecule has 0 saturated carbocycles. The third-order valence-electron chi connectivity index (χ3n) is 3.89. The molecule has 2 atom stereocenters. The van der Waals surface area contributed by atoms with E-state index in [2.05, 4.69) is 18.8 Å². The van der Waals surface area contributed by atoms with Crippen molar-refractivity contribution in [3.63, 3.8) is 0 Å². The Labute approximate surface area is 160 Å². The van der Waals surface area contributed by atoms with Crippen LogP contribution in [0.4, 0.5) is 0 Å². The fraction of sp³-hybridized carbons (Fsp3) is 0.737. The van der Waals surface area contributed by atoms with Crippen molar-refractivity contribution in [2.45, 2.75) is 72.1 Å². The number of methoxy groups -OCH3 is 1. The number of amides is 1. The smallest absolute Gasteiger partial charge is 0.311 e. The quantitative estimate of drug-likeness (QED) is 0.641. The summed E-state index contributed by atoms with van der Waals surface area (Å²) in [5.74, 6) is -0.840. The lowest BCUT2D eigenvalue weighted by Gasteiger charge is -2.30. The van der Waals surface area contributed by atoms with Crippen LogP contribution in [-0.4, -0.2) is 47.6 Å². The van der Waals surface area contributed by atoms with E-state index in [-0.39, 0.29) is 12.3 Å². The first-order valence-corrected chi connectivity index (χ1v) is 9.76. The SMILES string of the molecule is COC(=O)[C@@H](CC(=O)N(C)Cc1csc(C(C)C)n1)C(C)OC(C)(C)C. The molecule has 6 nitrogen and oxygen atoms in total. The van der Waals surface area contributed by atoms with Crippen LogP contribution >= 0.6 is 11.3 Å². The molecule has 0 saturated heterocycles. The summed E-state index contributed by atoms with van der Waals surface area (Å²) in [6, 6.07) is 0. The summed E-state index contributed by atoms with van der Waals surface area (Å²) >= 11 is 1.60. The number of esters is 1. The number of hydrogen-bond acceptors (Lipinski definition) is 6. The molecule has 0 aliphatic rings. The summed E-state index contributed by atoms with van der Waals surface area (Å²) in [7, 11) is 3.05. The Morgan fingerprint density at radius 2 is 1.88 bits per heavy atom.